The van der Waals surface area contributed by atoms with Crippen molar-refractivity contribution in [3.63, 3.8) is 0 Å². The van der Waals surface area contributed by atoms with Gasteiger partial charge in [0.25, 0.3) is 0 Å². The number of hydrogen-bond acceptors (Lipinski definition) is 3. The Morgan fingerprint density at radius 1 is 1.28 bits per heavy atom. The molecule has 3 aliphatic rings. The van der Waals surface area contributed by atoms with Crippen molar-refractivity contribution in [3.8, 4) is 0 Å². The molecule has 3 fully saturated rings. The molecule has 0 amide bonds. The Morgan fingerprint density at radius 3 is 2.67 bits per heavy atom. The summed E-state index contributed by atoms with van der Waals surface area (Å²) in [5.74, 6) is 0.964. The Labute approximate surface area is 112 Å². The lowest BCUT2D eigenvalue weighted by molar-refractivity contribution is 0.0334. The first-order valence-electron chi connectivity index (χ1n) is 7.88. The fourth-order valence-electron chi connectivity index (χ4n) is 4.38. The van der Waals surface area contributed by atoms with Gasteiger partial charge in [0.2, 0.25) is 0 Å². The van der Waals surface area contributed by atoms with E-state index in [1.54, 1.807) is 0 Å². The second kappa shape index (κ2) is 4.77. The summed E-state index contributed by atoms with van der Waals surface area (Å²) in [6, 6.07) is 1.37. The Morgan fingerprint density at radius 2 is 2.06 bits per heavy atom. The SMILES string of the molecule is CC(C)N(CC1CC1)C1(CN)CCN2CCCC21. The second-order valence-electron chi connectivity index (χ2n) is 6.94. The van der Waals surface area contributed by atoms with Crippen LogP contribution in [0.4, 0.5) is 0 Å². The van der Waals surface area contributed by atoms with Crippen molar-refractivity contribution in [3.05, 3.63) is 0 Å². The van der Waals surface area contributed by atoms with Crippen molar-refractivity contribution in [1.82, 2.24) is 9.80 Å². The molecule has 3 rings (SSSR count). The van der Waals surface area contributed by atoms with Gasteiger partial charge in [0.15, 0.2) is 0 Å². The normalized spacial score (nSPS) is 36.8. The minimum Gasteiger partial charge on any atom is -0.329 e. The first kappa shape index (κ1) is 12.9. The molecule has 2 saturated heterocycles. The molecular weight excluding hydrogens is 222 g/mol. The zero-order valence-electron chi connectivity index (χ0n) is 12.1. The molecule has 1 saturated carbocycles. The summed E-state index contributed by atoms with van der Waals surface area (Å²) < 4.78 is 0. The van der Waals surface area contributed by atoms with Crippen LogP contribution in [0, 0.1) is 5.92 Å². The number of hydrogen-bond donors (Lipinski definition) is 1. The van der Waals surface area contributed by atoms with Gasteiger partial charge in [-0.2, -0.15) is 0 Å². The van der Waals surface area contributed by atoms with E-state index in [-0.39, 0.29) is 5.54 Å². The average Bonchev–Trinajstić information content (AvgIpc) is 2.92. The molecule has 0 bridgehead atoms. The molecule has 3 heteroatoms. The van der Waals surface area contributed by atoms with E-state index in [0.717, 1.165) is 18.5 Å². The van der Waals surface area contributed by atoms with Crippen LogP contribution in [0.2, 0.25) is 0 Å². The molecule has 2 atom stereocenters. The van der Waals surface area contributed by atoms with E-state index in [2.05, 4.69) is 23.6 Å². The van der Waals surface area contributed by atoms with E-state index >= 15 is 0 Å². The maximum Gasteiger partial charge on any atom is 0.0501 e. The van der Waals surface area contributed by atoms with Gasteiger partial charge in [-0.05, 0) is 58.4 Å². The summed E-state index contributed by atoms with van der Waals surface area (Å²) in [5.41, 5.74) is 6.58. The van der Waals surface area contributed by atoms with Crippen LogP contribution >= 0.6 is 0 Å². The third kappa shape index (κ3) is 2.00. The molecule has 0 aromatic heterocycles. The Hall–Kier alpha value is -0.120. The van der Waals surface area contributed by atoms with Crippen molar-refractivity contribution >= 4 is 0 Å². The molecule has 18 heavy (non-hydrogen) atoms. The van der Waals surface area contributed by atoms with Crippen LogP contribution in [0.3, 0.4) is 0 Å². The smallest absolute Gasteiger partial charge is 0.0501 e. The van der Waals surface area contributed by atoms with Crippen molar-refractivity contribution in [2.24, 2.45) is 11.7 Å². The van der Waals surface area contributed by atoms with Crippen LogP contribution in [0.15, 0.2) is 0 Å². The van der Waals surface area contributed by atoms with Gasteiger partial charge in [0.1, 0.15) is 0 Å². The van der Waals surface area contributed by atoms with Crippen LogP contribution in [-0.2, 0) is 0 Å². The molecular formula is C15H29N3. The summed E-state index contributed by atoms with van der Waals surface area (Å²) in [4.78, 5) is 5.48. The molecule has 1 aliphatic carbocycles. The second-order valence-corrected chi connectivity index (χ2v) is 6.94. The molecule has 0 spiro atoms. The van der Waals surface area contributed by atoms with Gasteiger partial charge < -0.3 is 5.73 Å². The fourth-order valence-corrected chi connectivity index (χ4v) is 4.38. The highest BCUT2D eigenvalue weighted by Crippen LogP contribution is 2.42. The summed E-state index contributed by atoms with van der Waals surface area (Å²) >= 11 is 0. The van der Waals surface area contributed by atoms with Crippen molar-refractivity contribution in [2.75, 3.05) is 26.2 Å². The average molecular weight is 251 g/mol. The zero-order valence-corrected chi connectivity index (χ0v) is 12.1. The predicted molar refractivity (Wildman–Crippen MR) is 75.6 cm³/mol. The lowest BCUT2D eigenvalue weighted by atomic mass is 9.85. The summed E-state index contributed by atoms with van der Waals surface area (Å²) in [7, 11) is 0. The molecule has 2 aliphatic heterocycles. The van der Waals surface area contributed by atoms with Crippen LogP contribution in [0.1, 0.15) is 46.0 Å². The molecule has 3 nitrogen and oxygen atoms in total. The highest BCUT2D eigenvalue weighted by atomic mass is 15.3. The minimum atomic E-state index is 0.285. The summed E-state index contributed by atoms with van der Waals surface area (Å²) in [6.45, 7) is 9.44. The topological polar surface area (TPSA) is 32.5 Å². The van der Waals surface area contributed by atoms with Gasteiger partial charge in [-0.25, -0.2) is 0 Å². The monoisotopic (exact) mass is 251 g/mol. The molecule has 2 heterocycles. The van der Waals surface area contributed by atoms with Crippen molar-refractivity contribution in [1.29, 1.82) is 0 Å². The van der Waals surface area contributed by atoms with Gasteiger partial charge in [-0.15, -0.1) is 0 Å². The highest BCUT2D eigenvalue weighted by molar-refractivity contribution is 5.11. The molecule has 0 aromatic carbocycles. The molecule has 0 aromatic rings. The molecule has 2 unspecified atom stereocenters. The molecule has 2 N–H and O–H groups in total. The van der Waals surface area contributed by atoms with Gasteiger partial charge in [-0.3, -0.25) is 9.80 Å². The number of fused-ring (bicyclic) bond motifs is 1. The lowest BCUT2D eigenvalue weighted by Crippen LogP contribution is -2.62. The van der Waals surface area contributed by atoms with E-state index in [4.69, 9.17) is 5.73 Å². The Balaban J connectivity index is 1.83. The maximum absolute atomic E-state index is 6.29. The quantitative estimate of drug-likeness (QED) is 0.807. The fraction of sp³-hybridized carbons (Fsp3) is 1.00. The Kier molecular flexibility index (Phi) is 3.41. The van der Waals surface area contributed by atoms with Crippen LogP contribution < -0.4 is 5.73 Å². The standard InChI is InChI=1S/C15H29N3/c1-12(2)18(10-13-5-6-13)15(11-16)7-9-17-8-3-4-14(15)17/h12-14H,3-11,16H2,1-2H3. The van der Waals surface area contributed by atoms with Gasteiger partial charge in [0.05, 0.1) is 5.54 Å². The first-order valence-corrected chi connectivity index (χ1v) is 7.88. The van der Waals surface area contributed by atoms with E-state index in [1.807, 2.05) is 0 Å². The van der Waals surface area contributed by atoms with Crippen LogP contribution in [-0.4, -0.2) is 53.6 Å². The van der Waals surface area contributed by atoms with Crippen molar-refractivity contribution in [2.45, 2.75) is 63.6 Å². The number of rotatable bonds is 5. The van der Waals surface area contributed by atoms with E-state index in [0.29, 0.717) is 6.04 Å². The molecule has 0 radical (unpaired) electrons. The van der Waals surface area contributed by atoms with E-state index in [1.165, 1.54) is 51.7 Å². The van der Waals surface area contributed by atoms with Crippen molar-refractivity contribution < 1.29 is 0 Å². The van der Waals surface area contributed by atoms with Gasteiger partial charge in [-0.1, -0.05) is 0 Å². The third-order valence-electron chi connectivity index (χ3n) is 5.52. The molecule has 104 valence electrons. The number of nitrogens with two attached hydrogens (primary N) is 1. The summed E-state index contributed by atoms with van der Waals surface area (Å²) in [6.07, 6.45) is 6.92. The number of nitrogens with zero attached hydrogens (tertiary/aromatic N) is 2. The highest BCUT2D eigenvalue weighted by Gasteiger charge is 2.52. The summed E-state index contributed by atoms with van der Waals surface area (Å²) in [5, 5.41) is 0. The first-order chi connectivity index (χ1) is 8.67. The van der Waals surface area contributed by atoms with E-state index in [9.17, 15) is 0 Å². The third-order valence-corrected chi connectivity index (χ3v) is 5.52. The van der Waals surface area contributed by atoms with Crippen LogP contribution in [0.25, 0.3) is 0 Å². The predicted octanol–water partition coefficient (Wildman–Crippen LogP) is 1.67. The maximum atomic E-state index is 6.29. The Bertz CT molecular complexity index is 300. The van der Waals surface area contributed by atoms with Crippen LogP contribution in [0.5, 0.6) is 0 Å². The zero-order chi connectivity index (χ0) is 12.8. The lowest BCUT2D eigenvalue weighted by Gasteiger charge is -2.47. The van der Waals surface area contributed by atoms with Gasteiger partial charge >= 0.3 is 0 Å². The minimum absolute atomic E-state index is 0.285. The van der Waals surface area contributed by atoms with Gasteiger partial charge in [0, 0.05) is 31.7 Å². The largest absolute Gasteiger partial charge is 0.329 e. The van der Waals surface area contributed by atoms with E-state index < -0.39 is 0 Å².